The van der Waals surface area contributed by atoms with Crippen molar-refractivity contribution in [3.05, 3.63) is 35.4 Å². The number of piperazine rings is 1. The Labute approximate surface area is 173 Å². The molecule has 0 radical (unpaired) electrons. The number of likely N-dealkylation sites (tertiary alicyclic amines) is 1. The van der Waals surface area contributed by atoms with Crippen LogP contribution in [0.2, 0.25) is 0 Å². The first-order valence-corrected chi connectivity index (χ1v) is 10.6. The number of rotatable bonds is 3. The van der Waals surface area contributed by atoms with Gasteiger partial charge in [-0.2, -0.15) is 0 Å². The smallest absolute Gasteiger partial charge is 0.253 e. The molecule has 0 aromatic heterocycles. The normalized spacial score (nSPS) is 20.6. The van der Waals surface area contributed by atoms with Gasteiger partial charge in [-0.05, 0) is 44.4 Å². The molecule has 0 bridgehead atoms. The summed E-state index contributed by atoms with van der Waals surface area (Å²) in [6.07, 6.45) is 0.289. The summed E-state index contributed by atoms with van der Waals surface area (Å²) >= 11 is 0. The minimum Gasteiger partial charge on any atom is -0.339 e. The van der Waals surface area contributed by atoms with Gasteiger partial charge in [0.15, 0.2) is 0 Å². The average molecular weight is 400 g/mol. The third-order valence-corrected chi connectivity index (χ3v) is 5.99. The topological polar surface area (TPSA) is 60.9 Å². The molecule has 2 fully saturated rings. The molecule has 3 amide bonds. The van der Waals surface area contributed by atoms with Gasteiger partial charge in [0.2, 0.25) is 11.8 Å². The summed E-state index contributed by atoms with van der Waals surface area (Å²) in [5, 5.41) is 0. The molecule has 2 heterocycles. The van der Waals surface area contributed by atoms with Gasteiger partial charge in [-0.15, -0.1) is 0 Å². The standard InChI is InChI=1S/C23H33N3O3/c1-16(2)17-6-8-18(9-7-17)21(28)24-10-12-25(13-11-24)22(29)19-14-20(27)26(15-19)23(3,4)5/h6-9,16,19H,10-15H2,1-5H3. The predicted octanol–water partition coefficient (Wildman–Crippen LogP) is 2.74. The molecule has 158 valence electrons. The molecule has 2 aliphatic heterocycles. The lowest BCUT2D eigenvalue weighted by Crippen LogP contribution is -2.52. The minimum atomic E-state index is -0.271. The van der Waals surface area contributed by atoms with Crippen molar-refractivity contribution in [3.63, 3.8) is 0 Å². The highest BCUT2D eigenvalue weighted by Gasteiger charge is 2.41. The first-order valence-electron chi connectivity index (χ1n) is 10.6. The van der Waals surface area contributed by atoms with Gasteiger partial charge in [-0.3, -0.25) is 14.4 Å². The molecule has 3 rings (SSSR count). The number of nitrogens with zero attached hydrogens (tertiary/aromatic N) is 3. The first kappa shape index (κ1) is 21.3. The van der Waals surface area contributed by atoms with E-state index in [1.807, 2.05) is 54.8 Å². The van der Waals surface area contributed by atoms with Crippen molar-refractivity contribution in [1.29, 1.82) is 0 Å². The van der Waals surface area contributed by atoms with E-state index >= 15 is 0 Å². The zero-order valence-electron chi connectivity index (χ0n) is 18.3. The van der Waals surface area contributed by atoms with Crippen molar-refractivity contribution in [3.8, 4) is 0 Å². The lowest BCUT2D eigenvalue weighted by Gasteiger charge is -2.36. The Morgan fingerprint density at radius 2 is 1.52 bits per heavy atom. The average Bonchev–Trinajstić information content (AvgIpc) is 3.09. The molecule has 1 atom stereocenters. The Kier molecular flexibility index (Phi) is 6.01. The van der Waals surface area contributed by atoms with Crippen molar-refractivity contribution in [2.45, 2.75) is 52.5 Å². The molecule has 6 heteroatoms. The molecule has 29 heavy (non-hydrogen) atoms. The van der Waals surface area contributed by atoms with Crippen LogP contribution in [0.15, 0.2) is 24.3 Å². The van der Waals surface area contributed by atoms with Gasteiger partial charge in [-0.25, -0.2) is 0 Å². The quantitative estimate of drug-likeness (QED) is 0.785. The highest BCUT2D eigenvalue weighted by atomic mass is 16.2. The summed E-state index contributed by atoms with van der Waals surface area (Å²) < 4.78 is 0. The maximum absolute atomic E-state index is 12.9. The summed E-state index contributed by atoms with van der Waals surface area (Å²) in [5.74, 6) is 0.272. The van der Waals surface area contributed by atoms with Crippen LogP contribution in [0.25, 0.3) is 0 Å². The first-order chi connectivity index (χ1) is 13.6. The molecular formula is C23H33N3O3. The lowest BCUT2D eigenvalue weighted by atomic mass is 10.0. The number of hydrogen-bond acceptors (Lipinski definition) is 3. The Balaban J connectivity index is 1.55. The van der Waals surface area contributed by atoms with Crippen LogP contribution in [-0.4, -0.2) is 70.7 Å². The summed E-state index contributed by atoms with van der Waals surface area (Å²) in [5.41, 5.74) is 1.64. The Hall–Kier alpha value is -2.37. The summed E-state index contributed by atoms with van der Waals surface area (Å²) in [6, 6.07) is 7.80. The largest absolute Gasteiger partial charge is 0.339 e. The molecular weight excluding hydrogens is 366 g/mol. The van der Waals surface area contributed by atoms with Crippen LogP contribution in [0.1, 0.15) is 62.9 Å². The zero-order chi connectivity index (χ0) is 21.3. The molecule has 6 nitrogen and oxygen atoms in total. The molecule has 0 N–H and O–H groups in total. The highest BCUT2D eigenvalue weighted by molar-refractivity contribution is 5.94. The monoisotopic (exact) mass is 399 g/mol. The van der Waals surface area contributed by atoms with Gasteiger partial charge >= 0.3 is 0 Å². The number of hydrogen-bond donors (Lipinski definition) is 0. The third-order valence-electron chi connectivity index (χ3n) is 5.99. The van der Waals surface area contributed by atoms with Gasteiger partial charge in [0, 0.05) is 50.2 Å². The molecule has 0 saturated carbocycles. The van der Waals surface area contributed by atoms with E-state index in [0.717, 1.165) is 0 Å². The summed E-state index contributed by atoms with van der Waals surface area (Å²) in [6.45, 7) is 12.8. The van der Waals surface area contributed by atoms with Gasteiger partial charge in [0.05, 0.1) is 5.92 Å². The van der Waals surface area contributed by atoms with E-state index < -0.39 is 0 Å². The van der Waals surface area contributed by atoms with E-state index in [1.165, 1.54) is 5.56 Å². The highest BCUT2D eigenvalue weighted by Crippen LogP contribution is 2.27. The van der Waals surface area contributed by atoms with Gasteiger partial charge in [-0.1, -0.05) is 26.0 Å². The Morgan fingerprint density at radius 1 is 0.966 bits per heavy atom. The fourth-order valence-electron chi connectivity index (χ4n) is 4.10. The van der Waals surface area contributed by atoms with Crippen LogP contribution >= 0.6 is 0 Å². The van der Waals surface area contributed by atoms with Crippen LogP contribution < -0.4 is 0 Å². The van der Waals surface area contributed by atoms with Gasteiger partial charge in [0.25, 0.3) is 5.91 Å². The van der Waals surface area contributed by atoms with Crippen LogP contribution in [0.5, 0.6) is 0 Å². The Morgan fingerprint density at radius 3 is 2.00 bits per heavy atom. The van der Waals surface area contributed by atoms with Gasteiger partial charge < -0.3 is 14.7 Å². The number of carbonyl (C=O) groups is 3. The molecule has 1 aromatic rings. The predicted molar refractivity (Wildman–Crippen MR) is 113 cm³/mol. The second kappa shape index (κ2) is 8.17. The second-order valence-electron chi connectivity index (χ2n) is 9.47. The van der Waals surface area contributed by atoms with E-state index in [9.17, 15) is 14.4 Å². The number of amides is 3. The SMILES string of the molecule is CC(C)c1ccc(C(=O)N2CCN(C(=O)C3CC(=O)N(C(C)(C)C)C3)CC2)cc1. The maximum atomic E-state index is 12.9. The molecule has 0 spiro atoms. The second-order valence-corrected chi connectivity index (χ2v) is 9.47. The fraction of sp³-hybridized carbons (Fsp3) is 0.609. The van der Waals surface area contributed by atoms with Crippen molar-refractivity contribution in [1.82, 2.24) is 14.7 Å². The van der Waals surface area contributed by atoms with Crippen LogP contribution in [0, 0.1) is 5.92 Å². The minimum absolute atomic E-state index is 0.0161. The molecule has 1 aromatic carbocycles. The number of benzene rings is 1. The summed E-state index contributed by atoms with van der Waals surface area (Å²) in [7, 11) is 0. The zero-order valence-corrected chi connectivity index (χ0v) is 18.3. The third kappa shape index (κ3) is 4.62. The van der Waals surface area contributed by atoms with Crippen LogP contribution in [0.3, 0.4) is 0 Å². The molecule has 0 aliphatic carbocycles. The van der Waals surface area contributed by atoms with Gasteiger partial charge in [0.1, 0.15) is 0 Å². The lowest BCUT2D eigenvalue weighted by molar-refractivity contribution is -0.137. The van der Waals surface area contributed by atoms with Crippen LogP contribution in [-0.2, 0) is 9.59 Å². The molecule has 1 unspecified atom stereocenters. The van der Waals surface area contributed by atoms with E-state index in [0.29, 0.717) is 44.2 Å². The molecule has 2 aliphatic rings. The summed E-state index contributed by atoms with van der Waals surface area (Å²) in [4.78, 5) is 43.4. The van der Waals surface area contributed by atoms with Crippen molar-refractivity contribution >= 4 is 17.7 Å². The Bertz CT molecular complexity index is 772. The number of carbonyl (C=O) groups excluding carboxylic acids is 3. The van der Waals surface area contributed by atoms with Crippen LogP contribution in [0.4, 0.5) is 0 Å². The maximum Gasteiger partial charge on any atom is 0.253 e. The van der Waals surface area contributed by atoms with E-state index in [1.54, 1.807) is 4.90 Å². The van der Waals surface area contributed by atoms with E-state index in [-0.39, 0.29) is 35.6 Å². The van der Waals surface area contributed by atoms with E-state index in [4.69, 9.17) is 0 Å². The van der Waals surface area contributed by atoms with E-state index in [2.05, 4.69) is 13.8 Å². The van der Waals surface area contributed by atoms with Crippen molar-refractivity contribution < 1.29 is 14.4 Å². The van der Waals surface area contributed by atoms with Crippen molar-refractivity contribution in [2.75, 3.05) is 32.7 Å². The molecule has 2 saturated heterocycles. The van der Waals surface area contributed by atoms with Crippen molar-refractivity contribution in [2.24, 2.45) is 5.92 Å². The fourth-order valence-corrected chi connectivity index (χ4v) is 4.10.